The molecule has 1 aliphatic heterocycles. The van der Waals surface area contributed by atoms with Gasteiger partial charge in [-0.05, 0) is 38.1 Å². The minimum atomic E-state index is -0.175. The molecule has 1 aliphatic rings. The Balaban J connectivity index is 1.81. The average Bonchev–Trinajstić information content (AvgIpc) is 2.42. The number of nitrogens with one attached hydrogen (secondary N) is 1. The fraction of sp³-hybridized carbons (Fsp3) is 0.600. The molecule has 0 spiro atoms. The normalized spacial score (nSPS) is 21.6. The van der Waals surface area contributed by atoms with Crippen LogP contribution in [0.15, 0.2) is 24.3 Å². The second kappa shape index (κ2) is 6.98. The summed E-state index contributed by atoms with van der Waals surface area (Å²) in [5.74, 6) is -0.175. The Hall–Kier alpha value is -0.970. The van der Waals surface area contributed by atoms with Crippen molar-refractivity contribution in [3.63, 3.8) is 0 Å². The molecule has 19 heavy (non-hydrogen) atoms. The third-order valence-electron chi connectivity index (χ3n) is 3.69. The number of ether oxygens (including phenoxy) is 1. The molecule has 0 aromatic heterocycles. The Labute approximate surface area is 114 Å². The minimum absolute atomic E-state index is 0.175. The van der Waals surface area contributed by atoms with Crippen molar-refractivity contribution in [3.8, 4) is 0 Å². The van der Waals surface area contributed by atoms with Crippen LogP contribution in [-0.2, 0) is 11.2 Å². The van der Waals surface area contributed by atoms with Gasteiger partial charge < -0.3 is 15.0 Å². The predicted octanol–water partition coefficient (Wildman–Crippen LogP) is 1.68. The molecular weight excluding hydrogens is 243 g/mol. The molecule has 3 nitrogen and oxygen atoms in total. The zero-order chi connectivity index (χ0) is 13.7. The third kappa shape index (κ3) is 4.56. The van der Waals surface area contributed by atoms with E-state index in [0.29, 0.717) is 6.04 Å². The van der Waals surface area contributed by atoms with Crippen molar-refractivity contribution in [3.05, 3.63) is 35.6 Å². The molecule has 0 bridgehead atoms. The topological polar surface area (TPSA) is 24.5 Å². The van der Waals surface area contributed by atoms with Gasteiger partial charge >= 0.3 is 0 Å². The maximum absolute atomic E-state index is 12.9. The quantitative estimate of drug-likeness (QED) is 0.877. The predicted molar refractivity (Wildman–Crippen MR) is 74.8 cm³/mol. The molecule has 2 rings (SSSR count). The molecule has 2 atom stereocenters. The van der Waals surface area contributed by atoms with Crippen LogP contribution >= 0.6 is 0 Å². The molecular formula is C15H23FN2O. The van der Waals surface area contributed by atoms with Crippen molar-refractivity contribution in [1.29, 1.82) is 0 Å². The Bertz CT molecular complexity index is 376. The molecule has 1 aromatic carbocycles. The SMILES string of the molecule is CC(Cc1ccc(F)cc1)N(C)CC1CNCCO1. The van der Waals surface area contributed by atoms with E-state index in [9.17, 15) is 4.39 Å². The fourth-order valence-electron chi connectivity index (χ4n) is 2.36. The van der Waals surface area contributed by atoms with Crippen LogP contribution in [0.5, 0.6) is 0 Å². The Morgan fingerprint density at radius 3 is 2.79 bits per heavy atom. The molecule has 0 radical (unpaired) electrons. The lowest BCUT2D eigenvalue weighted by molar-refractivity contribution is 0.00414. The summed E-state index contributed by atoms with van der Waals surface area (Å²) >= 11 is 0. The molecule has 1 aromatic rings. The first-order chi connectivity index (χ1) is 9.15. The van der Waals surface area contributed by atoms with Crippen LogP contribution in [0.25, 0.3) is 0 Å². The van der Waals surface area contributed by atoms with Crippen LogP contribution in [0.2, 0.25) is 0 Å². The van der Waals surface area contributed by atoms with Crippen LogP contribution in [0.4, 0.5) is 4.39 Å². The first kappa shape index (κ1) is 14.4. The number of benzene rings is 1. The van der Waals surface area contributed by atoms with Gasteiger partial charge in [0.15, 0.2) is 0 Å². The summed E-state index contributed by atoms with van der Waals surface area (Å²) in [6.07, 6.45) is 1.20. The second-order valence-electron chi connectivity index (χ2n) is 5.32. The molecule has 1 heterocycles. The standard InChI is InChI=1S/C15H23FN2O/c1-12(9-13-3-5-14(16)6-4-13)18(2)11-15-10-17-7-8-19-15/h3-6,12,15,17H,7-11H2,1-2H3. The lowest BCUT2D eigenvalue weighted by atomic mass is 10.1. The summed E-state index contributed by atoms with van der Waals surface area (Å²) in [5.41, 5.74) is 1.17. The summed E-state index contributed by atoms with van der Waals surface area (Å²) in [6, 6.07) is 7.18. The number of hydrogen-bond acceptors (Lipinski definition) is 3. The van der Waals surface area contributed by atoms with Gasteiger partial charge in [0.25, 0.3) is 0 Å². The summed E-state index contributed by atoms with van der Waals surface area (Å²) in [4.78, 5) is 2.31. The summed E-state index contributed by atoms with van der Waals surface area (Å²) in [5, 5.41) is 3.34. The summed E-state index contributed by atoms with van der Waals surface area (Å²) in [7, 11) is 2.12. The van der Waals surface area contributed by atoms with Crippen molar-refractivity contribution < 1.29 is 9.13 Å². The Morgan fingerprint density at radius 1 is 1.42 bits per heavy atom. The van der Waals surface area contributed by atoms with Gasteiger partial charge in [-0.3, -0.25) is 0 Å². The summed E-state index contributed by atoms with van der Waals surface area (Å²) < 4.78 is 18.6. The number of morpholine rings is 1. The molecule has 106 valence electrons. The fourth-order valence-corrected chi connectivity index (χ4v) is 2.36. The van der Waals surface area contributed by atoms with Gasteiger partial charge in [-0.25, -0.2) is 4.39 Å². The molecule has 4 heteroatoms. The Morgan fingerprint density at radius 2 is 2.16 bits per heavy atom. The Kier molecular flexibility index (Phi) is 5.31. The highest BCUT2D eigenvalue weighted by molar-refractivity contribution is 5.17. The molecule has 0 aliphatic carbocycles. The monoisotopic (exact) mass is 266 g/mol. The van der Waals surface area contributed by atoms with E-state index in [-0.39, 0.29) is 11.9 Å². The van der Waals surface area contributed by atoms with Crippen molar-refractivity contribution in [2.75, 3.05) is 33.3 Å². The van der Waals surface area contributed by atoms with E-state index in [1.807, 2.05) is 12.1 Å². The maximum atomic E-state index is 12.9. The maximum Gasteiger partial charge on any atom is 0.123 e. The van der Waals surface area contributed by atoms with E-state index in [2.05, 4.69) is 24.2 Å². The van der Waals surface area contributed by atoms with Gasteiger partial charge in [0, 0.05) is 25.7 Å². The number of nitrogens with zero attached hydrogens (tertiary/aromatic N) is 1. The average molecular weight is 266 g/mol. The zero-order valence-corrected chi connectivity index (χ0v) is 11.7. The molecule has 2 unspecified atom stereocenters. The first-order valence-corrected chi connectivity index (χ1v) is 6.92. The van der Waals surface area contributed by atoms with Gasteiger partial charge in [-0.2, -0.15) is 0 Å². The lowest BCUT2D eigenvalue weighted by Gasteiger charge is -2.31. The van der Waals surface area contributed by atoms with Gasteiger partial charge in [0.2, 0.25) is 0 Å². The minimum Gasteiger partial charge on any atom is -0.374 e. The summed E-state index contributed by atoms with van der Waals surface area (Å²) in [6.45, 7) is 5.79. The van der Waals surface area contributed by atoms with E-state index < -0.39 is 0 Å². The molecule has 0 saturated carbocycles. The van der Waals surface area contributed by atoms with Crippen molar-refractivity contribution in [2.24, 2.45) is 0 Å². The van der Waals surface area contributed by atoms with Gasteiger partial charge in [0.05, 0.1) is 12.7 Å². The van der Waals surface area contributed by atoms with Gasteiger partial charge in [-0.15, -0.1) is 0 Å². The van der Waals surface area contributed by atoms with Gasteiger partial charge in [0.1, 0.15) is 5.82 Å². The molecule has 1 fully saturated rings. The number of hydrogen-bond donors (Lipinski definition) is 1. The van der Waals surface area contributed by atoms with E-state index in [4.69, 9.17) is 4.74 Å². The lowest BCUT2D eigenvalue weighted by Crippen LogP contribution is -2.46. The van der Waals surface area contributed by atoms with E-state index in [0.717, 1.165) is 32.7 Å². The highest BCUT2D eigenvalue weighted by Gasteiger charge is 2.18. The van der Waals surface area contributed by atoms with Crippen LogP contribution < -0.4 is 5.32 Å². The smallest absolute Gasteiger partial charge is 0.123 e. The third-order valence-corrected chi connectivity index (χ3v) is 3.69. The first-order valence-electron chi connectivity index (χ1n) is 6.92. The van der Waals surface area contributed by atoms with Crippen molar-refractivity contribution in [2.45, 2.75) is 25.5 Å². The van der Waals surface area contributed by atoms with Crippen molar-refractivity contribution in [1.82, 2.24) is 10.2 Å². The van der Waals surface area contributed by atoms with E-state index in [1.165, 1.54) is 17.7 Å². The largest absolute Gasteiger partial charge is 0.374 e. The molecule has 0 amide bonds. The van der Waals surface area contributed by atoms with Crippen molar-refractivity contribution >= 4 is 0 Å². The second-order valence-corrected chi connectivity index (χ2v) is 5.32. The zero-order valence-electron chi connectivity index (χ0n) is 11.7. The molecule has 1 saturated heterocycles. The van der Waals surface area contributed by atoms with E-state index >= 15 is 0 Å². The van der Waals surface area contributed by atoms with Crippen LogP contribution in [0, 0.1) is 5.82 Å². The number of likely N-dealkylation sites (N-methyl/N-ethyl adjacent to an activating group) is 1. The highest BCUT2D eigenvalue weighted by Crippen LogP contribution is 2.10. The van der Waals surface area contributed by atoms with Gasteiger partial charge in [-0.1, -0.05) is 12.1 Å². The van der Waals surface area contributed by atoms with Crippen LogP contribution in [0.1, 0.15) is 12.5 Å². The van der Waals surface area contributed by atoms with E-state index in [1.54, 1.807) is 0 Å². The highest BCUT2D eigenvalue weighted by atomic mass is 19.1. The van der Waals surface area contributed by atoms with Crippen LogP contribution in [-0.4, -0.2) is 50.3 Å². The van der Waals surface area contributed by atoms with Crippen LogP contribution in [0.3, 0.4) is 0 Å². The number of rotatable bonds is 5. The molecule has 1 N–H and O–H groups in total. The number of halogens is 1.